The summed E-state index contributed by atoms with van der Waals surface area (Å²) in [6, 6.07) is 9.84. The summed E-state index contributed by atoms with van der Waals surface area (Å²) in [5.41, 5.74) is 4.54. The Morgan fingerprint density at radius 3 is 2.76 bits per heavy atom. The molecular formula is C25H26N4O3S2. The number of carbonyl (C=O) groups is 1. The maximum absolute atomic E-state index is 12.5. The molecule has 0 bridgehead atoms. The molecule has 0 unspecified atom stereocenters. The maximum atomic E-state index is 12.5. The number of rotatable bonds is 8. The van der Waals surface area contributed by atoms with Crippen LogP contribution in [-0.4, -0.2) is 35.8 Å². The number of nitriles is 1. The van der Waals surface area contributed by atoms with E-state index in [2.05, 4.69) is 16.4 Å². The highest BCUT2D eigenvalue weighted by molar-refractivity contribution is 7.99. The van der Waals surface area contributed by atoms with Crippen molar-refractivity contribution < 1.29 is 14.3 Å². The van der Waals surface area contributed by atoms with Crippen LogP contribution in [0, 0.1) is 11.3 Å². The molecule has 0 aliphatic heterocycles. The molecule has 1 N–H and O–H groups in total. The van der Waals surface area contributed by atoms with Gasteiger partial charge in [-0.05, 0) is 55.5 Å². The van der Waals surface area contributed by atoms with Crippen LogP contribution >= 0.6 is 23.1 Å². The fraction of sp³-hybridized carbons (Fsp3) is 0.360. The van der Waals surface area contributed by atoms with Gasteiger partial charge in [0.2, 0.25) is 5.91 Å². The van der Waals surface area contributed by atoms with Crippen molar-refractivity contribution >= 4 is 34.1 Å². The van der Waals surface area contributed by atoms with Crippen LogP contribution in [0.2, 0.25) is 0 Å². The summed E-state index contributed by atoms with van der Waals surface area (Å²) >= 11 is 2.83. The first kappa shape index (κ1) is 24.0. The first-order valence-electron chi connectivity index (χ1n) is 11.1. The molecule has 0 spiro atoms. The zero-order chi connectivity index (χ0) is 23.9. The zero-order valence-electron chi connectivity index (χ0n) is 19.2. The average molecular weight is 495 g/mol. The lowest BCUT2D eigenvalue weighted by Crippen LogP contribution is -2.12. The summed E-state index contributed by atoms with van der Waals surface area (Å²) in [5, 5.41) is 15.6. The zero-order valence-corrected chi connectivity index (χ0v) is 20.9. The van der Waals surface area contributed by atoms with Crippen molar-refractivity contribution in [3.63, 3.8) is 0 Å². The van der Waals surface area contributed by atoms with E-state index in [1.54, 1.807) is 14.2 Å². The Bertz CT molecular complexity index is 1220. The van der Waals surface area contributed by atoms with E-state index in [-0.39, 0.29) is 5.91 Å². The Hall–Kier alpha value is -3.09. The third kappa shape index (κ3) is 5.69. The number of nitrogens with one attached hydrogen (secondary N) is 1. The molecule has 176 valence electrons. The summed E-state index contributed by atoms with van der Waals surface area (Å²) in [7, 11) is 3.18. The smallest absolute Gasteiger partial charge is 0.226 e. The number of pyridine rings is 1. The van der Waals surface area contributed by atoms with Crippen molar-refractivity contribution in [3.05, 3.63) is 46.5 Å². The van der Waals surface area contributed by atoms with E-state index in [1.807, 2.05) is 29.6 Å². The van der Waals surface area contributed by atoms with Gasteiger partial charge in [-0.25, -0.2) is 9.97 Å². The van der Waals surface area contributed by atoms with Gasteiger partial charge in [-0.1, -0.05) is 6.42 Å². The molecule has 0 saturated heterocycles. The number of aromatic nitrogens is 2. The monoisotopic (exact) mass is 494 g/mol. The van der Waals surface area contributed by atoms with Crippen LogP contribution in [-0.2, 0) is 17.6 Å². The molecule has 34 heavy (non-hydrogen) atoms. The number of fused-ring (bicyclic) bond motifs is 1. The molecule has 2 heterocycles. The largest absolute Gasteiger partial charge is 0.493 e. The molecule has 1 aromatic carbocycles. The van der Waals surface area contributed by atoms with Crippen molar-refractivity contribution in [1.82, 2.24) is 9.97 Å². The number of nitrogens with zero attached hydrogens (tertiary/aromatic N) is 3. The lowest BCUT2D eigenvalue weighted by Gasteiger charge is -2.10. The van der Waals surface area contributed by atoms with Crippen molar-refractivity contribution in [2.75, 3.05) is 25.3 Å². The lowest BCUT2D eigenvalue weighted by molar-refractivity contribution is -0.115. The van der Waals surface area contributed by atoms with Gasteiger partial charge in [0.05, 0.1) is 25.5 Å². The highest BCUT2D eigenvalue weighted by Crippen LogP contribution is 2.33. The molecule has 1 amide bonds. The molecule has 7 nitrogen and oxygen atoms in total. The van der Waals surface area contributed by atoms with Gasteiger partial charge in [-0.3, -0.25) is 4.79 Å². The topological polar surface area (TPSA) is 97.1 Å². The van der Waals surface area contributed by atoms with Crippen LogP contribution in [0.4, 0.5) is 5.13 Å². The first-order valence-corrected chi connectivity index (χ1v) is 13.0. The van der Waals surface area contributed by atoms with Gasteiger partial charge in [0.25, 0.3) is 0 Å². The van der Waals surface area contributed by atoms with Crippen LogP contribution in [0.5, 0.6) is 11.5 Å². The predicted molar refractivity (Wildman–Crippen MR) is 135 cm³/mol. The number of benzene rings is 1. The van der Waals surface area contributed by atoms with Crippen LogP contribution < -0.4 is 14.8 Å². The molecule has 3 aromatic rings. The highest BCUT2D eigenvalue weighted by atomic mass is 32.2. The Kier molecular flexibility index (Phi) is 8.03. The van der Waals surface area contributed by atoms with Gasteiger partial charge >= 0.3 is 0 Å². The molecule has 0 radical (unpaired) electrons. The fourth-order valence-corrected chi connectivity index (χ4v) is 5.51. The van der Waals surface area contributed by atoms with E-state index in [9.17, 15) is 10.1 Å². The number of amides is 1. The van der Waals surface area contributed by atoms with E-state index in [0.29, 0.717) is 34.4 Å². The molecule has 1 aliphatic carbocycles. The number of aryl methyl sites for hydroxylation is 2. The number of carbonyl (C=O) groups excluding carboxylic acids is 1. The van der Waals surface area contributed by atoms with Crippen molar-refractivity contribution in [2.24, 2.45) is 0 Å². The van der Waals surface area contributed by atoms with Crippen molar-refractivity contribution in [3.8, 4) is 28.8 Å². The standard InChI is InChI=1S/C25H26N4O3S2/c1-31-21-9-8-17(13-22(21)32-2)20-15-34-25(28-20)29-23(30)10-11-33-24-18(14-26)12-16-6-4-3-5-7-19(16)27-24/h8-9,12-13,15H,3-7,10-11H2,1-2H3,(H,28,29,30). The SMILES string of the molecule is COc1ccc(-c2csc(NC(=O)CCSc3nc4c(cc3C#N)CCCCC4)n2)cc1OC. The fourth-order valence-electron chi connectivity index (χ4n) is 3.86. The average Bonchev–Trinajstić information content (AvgIpc) is 3.19. The second-order valence-corrected chi connectivity index (χ2v) is 9.82. The van der Waals surface area contributed by atoms with Crippen LogP contribution in [0.3, 0.4) is 0 Å². The predicted octanol–water partition coefficient (Wildman–Crippen LogP) is 5.48. The molecule has 9 heteroatoms. The quantitative estimate of drug-likeness (QED) is 0.327. The normalized spacial score (nSPS) is 12.9. The summed E-state index contributed by atoms with van der Waals surface area (Å²) in [5.74, 6) is 1.70. The van der Waals surface area contributed by atoms with E-state index >= 15 is 0 Å². The third-order valence-corrected chi connectivity index (χ3v) is 7.38. The minimum Gasteiger partial charge on any atom is -0.493 e. The van der Waals surface area contributed by atoms with Gasteiger partial charge in [-0.2, -0.15) is 5.26 Å². The van der Waals surface area contributed by atoms with E-state index in [0.717, 1.165) is 47.7 Å². The highest BCUT2D eigenvalue weighted by Gasteiger charge is 2.16. The maximum Gasteiger partial charge on any atom is 0.226 e. The number of ether oxygens (including phenoxy) is 2. The molecule has 4 rings (SSSR count). The summed E-state index contributed by atoms with van der Waals surface area (Å²) < 4.78 is 10.6. The first-order chi connectivity index (χ1) is 16.6. The van der Waals surface area contributed by atoms with Gasteiger partial charge in [0.1, 0.15) is 11.1 Å². The minimum atomic E-state index is -0.117. The Morgan fingerprint density at radius 2 is 1.97 bits per heavy atom. The Labute approximate surface area is 207 Å². The minimum absolute atomic E-state index is 0.117. The van der Waals surface area contributed by atoms with Crippen molar-refractivity contribution in [2.45, 2.75) is 43.6 Å². The second kappa shape index (κ2) is 11.4. The van der Waals surface area contributed by atoms with E-state index in [4.69, 9.17) is 14.5 Å². The summed E-state index contributed by atoms with van der Waals surface area (Å²) in [6.45, 7) is 0. The molecular weight excluding hydrogens is 468 g/mol. The van der Waals surface area contributed by atoms with Crippen LogP contribution in [0.25, 0.3) is 11.3 Å². The number of hydrogen-bond acceptors (Lipinski definition) is 8. The number of thiazole rings is 1. The van der Waals surface area contributed by atoms with Crippen LogP contribution in [0.15, 0.2) is 34.7 Å². The van der Waals surface area contributed by atoms with Crippen LogP contribution in [0.1, 0.15) is 42.5 Å². The number of thioether (sulfide) groups is 1. The molecule has 0 fully saturated rings. The lowest BCUT2D eigenvalue weighted by atomic mass is 10.1. The van der Waals surface area contributed by atoms with E-state index in [1.165, 1.54) is 35.1 Å². The van der Waals surface area contributed by atoms with E-state index < -0.39 is 0 Å². The Balaban J connectivity index is 1.34. The molecule has 2 aromatic heterocycles. The van der Waals surface area contributed by atoms with Gasteiger partial charge < -0.3 is 14.8 Å². The molecule has 1 aliphatic rings. The molecule has 0 atom stereocenters. The van der Waals surface area contributed by atoms with Crippen molar-refractivity contribution in [1.29, 1.82) is 5.26 Å². The molecule has 0 saturated carbocycles. The van der Waals surface area contributed by atoms with Gasteiger partial charge in [0, 0.05) is 28.8 Å². The van der Waals surface area contributed by atoms with Gasteiger partial charge in [-0.15, -0.1) is 23.1 Å². The number of methoxy groups -OCH3 is 2. The number of hydrogen-bond donors (Lipinski definition) is 1. The second-order valence-electron chi connectivity index (χ2n) is 7.87. The third-order valence-electron chi connectivity index (χ3n) is 5.63. The summed E-state index contributed by atoms with van der Waals surface area (Å²) in [4.78, 5) is 21.8. The van der Waals surface area contributed by atoms with Gasteiger partial charge in [0.15, 0.2) is 16.6 Å². The summed E-state index contributed by atoms with van der Waals surface area (Å²) in [6.07, 6.45) is 5.74. The Morgan fingerprint density at radius 1 is 1.15 bits per heavy atom. The number of anilines is 1.